The average Bonchev–Trinajstić information content (AvgIpc) is 2.72. The zero-order chi connectivity index (χ0) is 11.0. The molecule has 0 unspecified atom stereocenters. The van der Waals surface area contributed by atoms with Gasteiger partial charge in [-0.15, -0.1) is 11.3 Å². The third kappa shape index (κ3) is 1.70. The van der Waals surface area contributed by atoms with Crippen LogP contribution in [0.3, 0.4) is 0 Å². The topological polar surface area (TPSA) is 42.4 Å². The second kappa shape index (κ2) is 3.88. The lowest BCUT2D eigenvalue weighted by molar-refractivity contribution is 0.112. The zero-order valence-electron chi connectivity index (χ0n) is 8.64. The van der Waals surface area contributed by atoms with Crippen molar-refractivity contribution < 1.29 is 9.84 Å². The average molecular weight is 233 g/mol. The number of aromatic nitrogens is 1. The van der Waals surface area contributed by atoms with Crippen LogP contribution in [0.2, 0.25) is 0 Å². The largest absolute Gasteiger partial charge is 0.508 e. The summed E-state index contributed by atoms with van der Waals surface area (Å²) in [6, 6.07) is 7.21. The van der Waals surface area contributed by atoms with Gasteiger partial charge in [-0.3, -0.25) is 0 Å². The maximum Gasteiger partial charge on any atom is 0.124 e. The van der Waals surface area contributed by atoms with Crippen molar-refractivity contribution in [1.29, 1.82) is 0 Å². The number of aromatic hydroxyl groups is 1. The van der Waals surface area contributed by atoms with E-state index in [2.05, 4.69) is 4.98 Å². The van der Waals surface area contributed by atoms with E-state index in [1.165, 1.54) is 4.88 Å². The molecule has 1 aromatic carbocycles. The van der Waals surface area contributed by atoms with Gasteiger partial charge in [0.1, 0.15) is 10.8 Å². The Bertz CT molecular complexity index is 498. The predicted molar refractivity (Wildman–Crippen MR) is 62.6 cm³/mol. The monoisotopic (exact) mass is 233 g/mol. The number of ether oxygens (including phenoxy) is 1. The lowest BCUT2D eigenvalue weighted by Gasteiger charge is -2.08. The molecule has 2 heterocycles. The van der Waals surface area contributed by atoms with Crippen LogP contribution in [-0.2, 0) is 17.8 Å². The SMILES string of the molecule is Oc1cccc(-c2nc3c(s2)COCC3)c1. The molecule has 4 heteroatoms. The van der Waals surface area contributed by atoms with Crippen molar-refractivity contribution >= 4 is 11.3 Å². The molecule has 0 bridgehead atoms. The summed E-state index contributed by atoms with van der Waals surface area (Å²) in [4.78, 5) is 5.80. The van der Waals surface area contributed by atoms with E-state index in [0.29, 0.717) is 6.61 Å². The summed E-state index contributed by atoms with van der Waals surface area (Å²) in [5, 5.41) is 10.4. The molecule has 2 aromatic rings. The van der Waals surface area contributed by atoms with Crippen LogP contribution in [-0.4, -0.2) is 16.7 Å². The van der Waals surface area contributed by atoms with Gasteiger partial charge in [-0.1, -0.05) is 12.1 Å². The molecule has 0 aliphatic carbocycles. The maximum atomic E-state index is 9.43. The fourth-order valence-corrected chi connectivity index (χ4v) is 2.83. The first-order valence-electron chi connectivity index (χ1n) is 5.18. The third-order valence-electron chi connectivity index (χ3n) is 2.59. The molecule has 3 nitrogen and oxygen atoms in total. The van der Waals surface area contributed by atoms with Gasteiger partial charge in [0.05, 0.1) is 23.8 Å². The van der Waals surface area contributed by atoms with Gasteiger partial charge in [0, 0.05) is 12.0 Å². The van der Waals surface area contributed by atoms with Gasteiger partial charge >= 0.3 is 0 Å². The second-order valence-electron chi connectivity index (χ2n) is 3.74. The molecule has 1 aliphatic heterocycles. The first-order valence-corrected chi connectivity index (χ1v) is 6.00. The van der Waals surface area contributed by atoms with Crippen molar-refractivity contribution in [3.63, 3.8) is 0 Å². The number of fused-ring (bicyclic) bond motifs is 1. The first kappa shape index (κ1) is 9.81. The smallest absolute Gasteiger partial charge is 0.124 e. The quantitative estimate of drug-likeness (QED) is 0.823. The molecule has 82 valence electrons. The molecule has 3 rings (SSSR count). The summed E-state index contributed by atoms with van der Waals surface area (Å²) in [7, 11) is 0. The number of hydrogen-bond acceptors (Lipinski definition) is 4. The van der Waals surface area contributed by atoms with Crippen LogP contribution in [0.1, 0.15) is 10.6 Å². The summed E-state index contributed by atoms with van der Waals surface area (Å²) < 4.78 is 5.39. The Labute approximate surface area is 97.3 Å². The lowest BCUT2D eigenvalue weighted by atomic mass is 10.2. The Morgan fingerprint density at radius 3 is 3.12 bits per heavy atom. The molecular weight excluding hydrogens is 222 g/mol. The normalized spacial score (nSPS) is 14.8. The van der Waals surface area contributed by atoms with Crippen LogP contribution >= 0.6 is 11.3 Å². The standard InChI is InChI=1S/C12H11NO2S/c14-9-3-1-2-8(6-9)12-13-10-4-5-15-7-11(10)16-12/h1-3,6,14H,4-5,7H2. The van der Waals surface area contributed by atoms with Gasteiger partial charge in [0.15, 0.2) is 0 Å². The van der Waals surface area contributed by atoms with Gasteiger partial charge in [-0.05, 0) is 12.1 Å². The zero-order valence-corrected chi connectivity index (χ0v) is 9.46. The number of hydrogen-bond donors (Lipinski definition) is 1. The highest BCUT2D eigenvalue weighted by molar-refractivity contribution is 7.15. The minimum Gasteiger partial charge on any atom is -0.508 e. The van der Waals surface area contributed by atoms with Crippen LogP contribution in [0, 0.1) is 0 Å². The Morgan fingerprint density at radius 1 is 1.38 bits per heavy atom. The van der Waals surface area contributed by atoms with Crippen molar-refractivity contribution in [1.82, 2.24) is 4.98 Å². The van der Waals surface area contributed by atoms with E-state index in [0.717, 1.165) is 29.3 Å². The summed E-state index contributed by atoms with van der Waals surface area (Å²) >= 11 is 1.65. The Morgan fingerprint density at radius 2 is 2.31 bits per heavy atom. The molecule has 1 N–H and O–H groups in total. The van der Waals surface area contributed by atoms with Crippen LogP contribution in [0.4, 0.5) is 0 Å². The molecule has 16 heavy (non-hydrogen) atoms. The summed E-state index contributed by atoms with van der Waals surface area (Å²) in [5.74, 6) is 0.280. The summed E-state index contributed by atoms with van der Waals surface area (Å²) in [6.45, 7) is 1.43. The number of rotatable bonds is 1. The van der Waals surface area contributed by atoms with Gasteiger partial charge in [-0.25, -0.2) is 4.98 Å². The van der Waals surface area contributed by atoms with Crippen molar-refractivity contribution in [3.8, 4) is 16.3 Å². The lowest BCUT2D eigenvalue weighted by Crippen LogP contribution is -2.07. The van der Waals surface area contributed by atoms with E-state index in [-0.39, 0.29) is 5.75 Å². The van der Waals surface area contributed by atoms with Gasteiger partial charge in [0.2, 0.25) is 0 Å². The highest BCUT2D eigenvalue weighted by atomic mass is 32.1. The highest BCUT2D eigenvalue weighted by Gasteiger charge is 2.16. The van der Waals surface area contributed by atoms with Crippen molar-refractivity contribution in [2.24, 2.45) is 0 Å². The first-order chi connectivity index (χ1) is 7.83. The number of phenolic OH excluding ortho intramolecular Hbond substituents is 1. The van der Waals surface area contributed by atoms with Gasteiger partial charge in [0.25, 0.3) is 0 Å². The third-order valence-corrected chi connectivity index (χ3v) is 3.71. The molecule has 0 spiro atoms. The maximum absolute atomic E-state index is 9.43. The van der Waals surface area contributed by atoms with Crippen molar-refractivity contribution in [2.45, 2.75) is 13.0 Å². The molecule has 0 saturated heterocycles. The molecule has 0 radical (unpaired) electrons. The van der Waals surface area contributed by atoms with E-state index in [1.54, 1.807) is 23.5 Å². The highest BCUT2D eigenvalue weighted by Crippen LogP contribution is 2.31. The molecule has 0 atom stereocenters. The number of phenols is 1. The summed E-state index contributed by atoms with van der Waals surface area (Å²) in [5.41, 5.74) is 2.12. The molecule has 0 amide bonds. The Hall–Kier alpha value is -1.39. The number of nitrogens with zero attached hydrogens (tertiary/aromatic N) is 1. The molecule has 0 fully saturated rings. The fraction of sp³-hybridized carbons (Fsp3) is 0.250. The van der Waals surface area contributed by atoms with Gasteiger partial charge < -0.3 is 9.84 Å². The van der Waals surface area contributed by atoms with Crippen molar-refractivity contribution in [3.05, 3.63) is 34.8 Å². The predicted octanol–water partition coefficient (Wildman–Crippen LogP) is 2.59. The Kier molecular flexibility index (Phi) is 2.38. The van der Waals surface area contributed by atoms with E-state index in [1.807, 2.05) is 12.1 Å². The van der Waals surface area contributed by atoms with Crippen LogP contribution in [0.25, 0.3) is 10.6 Å². The molecule has 1 aliphatic rings. The summed E-state index contributed by atoms with van der Waals surface area (Å²) in [6.07, 6.45) is 0.894. The Balaban J connectivity index is 2.03. The molecule has 1 aromatic heterocycles. The van der Waals surface area contributed by atoms with Crippen molar-refractivity contribution in [2.75, 3.05) is 6.61 Å². The molecular formula is C12H11NO2S. The van der Waals surface area contributed by atoms with E-state index in [4.69, 9.17) is 4.74 Å². The number of thiazole rings is 1. The van der Waals surface area contributed by atoms with Crippen LogP contribution in [0.15, 0.2) is 24.3 Å². The molecule has 0 saturated carbocycles. The minimum atomic E-state index is 0.280. The van der Waals surface area contributed by atoms with Crippen LogP contribution < -0.4 is 0 Å². The minimum absolute atomic E-state index is 0.280. The number of benzene rings is 1. The van der Waals surface area contributed by atoms with Gasteiger partial charge in [-0.2, -0.15) is 0 Å². The van der Waals surface area contributed by atoms with E-state index < -0.39 is 0 Å². The van der Waals surface area contributed by atoms with Crippen LogP contribution in [0.5, 0.6) is 5.75 Å². The second-order valence-corrected chi connectivity index (χ2v) is 4.83. The fourth-order valence-electron chi connectivity index (χ4n) is 1.79. The van der Waals surface area contributed by atoms with E-state index >= 15 is 0 Å². The van der Waals surface area contributed by atoms with E-state index in [9.17, 15) is 5.11 Å².